The van der Waals surface area contributed by atoms with Gasteiger partial charge in [-0.15, -0.1) is 0 Å². The van der Waals surface area contributed by atoms with E-state index in [1.54, 1.807) is 0 Å². The van der Waals surface area contributed by atoms with E-state index in [-0.39, 0.29) is 0 Å². The Morgan fingerprint density at radius 2 is 1.60 bits per heavy atom. The molecular formula is C6H5F3N2O4. The Kier molecular flexibility index (Phi) is 4.30. The van der Waals surface area contributed by atoms with E-state index >= 15 is 0 Å². The highest BCUT2D eigenvalue weighted by molar-refractivity contribution is 5.95. The van der Waals surface area contributed by atoms with Crippen molar-refractivity contribution in [1.82, 2.24) is 10.9 Å². The van der Waals surface area contributed by atoms with Crippen molar-refractivity contribution in [3.8, 4) is 0 Å². The van der Waals surface area contributed by atoms with Gasteiger partial charge in [0.2, 0.25) is 0 Å². The Morgan fingerprint density at radius 3 is 2.00 bits per heavy atom. The van der Waals surface area contributed by atoms with Crippen molar-refractivity contribution < 1.29 is 32.7 Å². The Balaban J connectivity index is 4.03. The average molecular weight is 226 g/mol. The molecule has 0 aromatic heterocycles. The van der Waals surface area contributed by atoms with E-state index in [0.29, 0.717) is 12.2 Å². The molecule has 0 heterocycles. The van der Waals surface area contributed by atoms with Crippen molar-refractivity contribution in [3.63, 3.8) is 0 Å². The minimum Gasteiger partial charge on any atom is -0.478 e. The Hall–Kier alpha value is -2.06. The van der Waals surface area contributed by atoms with Crippen molar-refractivity contribution >= 4 is 17.8 Å². The molecule has 9 heteroatoms. The molecule has 84 valence electrons. The maximum Gasteiger partial charge on any atom is 0.472 e. The van der Waals surface area contributed by atoms with Crippen molar-refractivity contribution in [2.45, 2.75) is 6.18 Å². The van der Waals surface area contributed by atoms with Crippen LogP contribution in [0.15, 0.2) is 12.2 Å². The number of hydrogen-bond acceptors (Lipinski definition) is 3. The molecule has 0 atom stereocenters. The first-order valence-electron chi connectivity index (χ1n) is 3.31. The second kappa shape index (κ2) is 4.98. The molecule has 3 N–H and O–H groups in total. The normalized spacial score (nSPS) is 11.1. The number of hydrazine groups is 1. The molecule has 0 fully saturated rings. The van der Waals surface area contributed by atoms with E-state index in [1.807, 2.05) is 0 Å². The molecule has 15 heavy (non-hydrogen) atoms. The van der Waals surface area contributed by atoms with Gasteiger partial charge in [0, 0.05) is 12.2 Å². The summed E-state index contributed by atoms with van der Waals surface area (Å²) in [4.78, 5) is 30.5. The molecule has 0 aliphatic heterocycles. The summed E-state index contributed by atoms with van der Waals surface area (Å²) in [5.74, 6) is -5.01. The van der Waals surface area contributed by atoms with Crippen molar-refractivity contribution in [2.24, 2.45) is 0 Å². The fourth-order valence-electron chi connectivity index (χ4n) is 0.378. The number of hydrogen-bond donors (Lipinski definition) is 3. The number of amides is 2. The summed E-state index contributed by atoms with van der Waals surface area (Å²) < 4.78 is 34.6. The van der Waals surface area contributed by atoms with Gasteiger partial charge in [-0.2, -0.15) is 13.2 Å². The predicted molar refractivity (Wildman–Crippen MR) is 39.1 cm³/mol. The molecule has 0 aromatic carbocycles. The number of carboxylic acid groups (broad SMARTS) is 1. The zero-order chi connectivity index (χ0) is 12.1. The SMILES string of the molecule is O=C(O)C=CC(=O)NNC(=O)C(F)(F)F. The predicted octanol–water partition coefficient (Wildman–Crippen LogP) is -0.663. The molecule has 0 spiro atoms. The fraction of sp³-hybridized carbons (Fsp3) is 0.167. The molecule has 0 bridgehead atoms. The van der Waals surface area contributed by atoms with Crippen LogP contribution in [-0.4, -0.2) is 29.1 Å². The van der Waals surface area contributed by atoms with Crippen LogP contribution in [0, 0.1) is 0 Å². The van der Waals surface area contributed by atoms with E-state index in [9.17, 15) is 27.6 Å². The van der Waals surface area contributed by atoms with Gasteiger partial charge in [-0.25, -0.2) is 4.79 Å². The summed E-state index contributed by atoms with van der Waals surface area (Å²) in [6.45, 7) is 0. The third kappa shape index (κ3) is 6.07. The smallest absolute Gasteiger partial charge is 0.472 e. The van der Waals surface area contributed by atoms with Crippen LogP contribution in [-0.2, 0) is 14.4 Å². The maximum absolute atomic E-state index is 11.5. The zero-order valence-electron chi connectivity index (χ0n) is 6.96. The lowest BCUT2D eigenvalue weighted by molar-refractivity contribution is -0.175. The Bertz CT molecular complexity index is 310. The molecule has 0 aromatic rings. The van der Waals surface area contributed by atoms with Gasteiger partial charge in [-0.3, -0.25) is 20.4 Å². The summed E-state index contributed by atoms with van der Waals surface area (Å²) in [7, 11) is 0. The van der Waals surface area contributed by atoms with Gasteiger partial charge in [-0.1, -0.05) is 0 Å². The number of nitrogens with one attached hydrogen (secondary N) is 2. The van der Waals surface area contributed by atoms with Crippen molar-refractivity contribution in [2.75, 3.05) is 0 Å². The number of aliphatic carboxylic acids is 1. The highest BCUT2D eigenvalue weighted by Gasteiger charge is 2.38. The lowest BCUT2D eigenvalue weighted by Crippen LogP contribution is -2.47. The molecule has 0 rings (SSSR count). The molecule has 0 aliphatic carbocycles. The first kappa shape index (κ1) is 12.9. The summed E-state index contributed by atoms with van der Waals surface area (Å²) in [6, 6.07) is 0. The monoisotopic (exact) mass is 226 g/mol. The standard InChI is InChI=1S/C6H5F3N2O4/c7-6(8,9)5(15)11-10-3(12)1-2-4(13)14/h1-2H,(H,10,12)(H,11,15)(H,13,14). The molecule has 6 nitrogen and oxygen atoms in total. The lowest BCUT2D eigenvalue weighted by atomic mass is 10.5. The number of halogens is 3. The quantitative estimate of drug-likeness (QED) is 0.430. The van der Waals surface area contributed by atoms with Crippen LogP contribution in [0.25, 0.3) is 0 Å². The van der Waals surface area contributed by atoms with Gasteiger partial charge in [0.1, 0.15) is 0 Å². The number of rotatable bonds is 2. The number of carbonyl (C=O) groups is 3. The summed E-state index contributed by atoms with van der Waals surface area (Å²) in [5.41, 5.74) is 2.37. The lowest BCUT2D eigenvalue weighted by Gasteiger charge is -2.06. The topological polar surface area (TPSA) is 95.5 Å². The molecular weight excluding hydrogens is 221 g/mol. The molecule has 2 amide bonds. The minimum absolute atomic E-state index is 0.398. The van der Waals surface area contributed by atoms with Crippen LogP contribution in [0.5, 0.6) is 0 Å². The first-order valence-corrected chi connectivity index (χ1v) is 3.31. The summed E-state index contributed by atoms with van der Waals surface area (Å²) in [5, 5.41) is 8.03. The van der Waals surface area contributed by atoms with E-state index in [0.717, 1.165) is 5.43 Å². The fourth-order valence-corrected chi connectivity index (χ4v) is 0.378. The molecule has 0 saturated carbocycles. The second-order valence-electron chi connectivity index (χ2n) is 2.11. The maximum atomic E-state index is 11.5. The number of alkyl halides is 3. The van der Waals surface area contributed by atoms with Crippen LogP contribution in [0.2, 0.25) is 0 Å². The van der Waals surface area contributed by atoms with E-state index in [1.165, 1.54) is 5.43 Å². The molecule has 0 radical (unpaired) electrons. The van der Waals surface area contributed by atoms with Gasteiger partial charge >= 0.3 is 18.1 Å². The largest absolute Gasteiger partial charge is 0.478 e. The van der Waals surface area contributed by atoms with Crippen LogP contribution in [0.1, 0.15) is 0 Å². The van der Waals surface area contributed by atoms with E-state index in [2.05, 4.69) is 0 Å². The third-order valence-electron chi connectivity index (χ3n) is 0.934. The molecule has 0 aliphatic rings. The number of carboxylic acids is 1. The number of carbonyl (C=O) groups excluding carboxylic acids is 2. The van der Waals surface area contributed by atoms with E-state index in [4.69, 9.17) is 5.11 Å². The van der Waals surface area contributed by atoms with Gasteiger partial charge in [0.05, 0.1) is 0 Å². The van der Waals surface area contributed by atoms with Gasteiger partial charge in [0.15, 0.2) is 0 Å². The highest BCUT2D eigenvalue weighted by Crippen LogP contribution is 2.13. The van der Waals surface area contributed by atoms with Crippen LogP contribution >= 0.6 is 0 Å². The van der Waals surface area contributed by atoms with Gasteiger partial charge in [-0.05, 0) is 0 Å². The van der Waals surface area contributed by atoms with Crippen molar-refractivity contribution in [1.29, 1.82) is 0 Å². The summed E-state index contributed by atoms with van der Waals surface area (Å²) in [6.07, 6.45) is -4.28. The average Bonchev–Trinajstić information content (AvgIpc) is 2.09. The Morgan fingerprint density at radius 1 is 1.07 bits per heavy atom. The van der Waals surface area contributed by atoms with Gasteiger partial charge in [0.25, 0.3) is 5.91 Å². The van der Waals surface area contributed by atoms with Gasteiger partial charge < -0.3 is 5.11 Å². The van der Waals surface area contributed by atoms with Crippen LogP contribution in [0.3, 0.4) is 0 Å². The third-order valence-corrected chi connectivity index (χ3v) is 0.934. The highest BCUT2D eigenvalue weighted by atomic mass is 19.4. The first-order chi connectivity index (χ1) is 6.73. The molecule has 0 saturated heterocycles. The second-order valence-corrected chi connectivity index (χ2v) is 2.11. The van der Waals surface area contributed by atoms with Crippen LogP contribution in [0.4, 0.5) is 13.2 Å². The zero-order valence-corrected chi connectivity index (χ0v) is 6.96. The Labute approximate surface area is 80.7 Å². The van der Waals surface area contributed by atoms with Crippen LogP contribution < -0.4 is 10.9 Å². The summed E-state index contributed by atoms with van der Waals surface area (Å²) >= 11 is 0. The molecule has 0 unspecified atom stereocenters. The van der Waals surface area contributed by atoms with E-state index < -0.39 is 24.0 Å². The minimum atomic E-state index is -5.12. The van der Waals surface area contributed by atoms with Crippen molar-refractivity contribution in [3.05, 3.63) is 12.2 Å².